The predicted molar refractivity (Wildman–Crippen MR) is 76.3 cm³/mol. The number of hydrogen-bond acceptors (Lipinski definition) is 3. The normalized spacial score (nSPS) is 18.7. The Kier molecular flexibility index (Phi) is 6.26. The number of nitrogens with zero attached hydrogens (tertiary/aromatic N) is 1. The van der Waals surface area contributed by atoms with E-state index in [0.29, 0.717) is 32.4 Å². The third-order valence-corrected chi connectivity index (χ3v) is 5.43. The molecule has 0 saturated carbocycles. The van der Waals surface area contributed by atoms with Crippen molar-refractivity contribution in [2.45, 2.75) is 52.5 Å². The minimum atomic E-state index is -3.09. The lowest BCUT2D eigenvalue weighted by atomic mass is 10.1. The molecular weight excluding hydrogens is 264 g/mol. The van der Waals surface area contributed by atoms with Crippen LogP contribution in [-0.4, -0.2) is 43.5 Å². The van der Waals surface area contributed by atoms with Gasteiger partial charge in [0.05, 0.1) is 5.75 Å². The van der Waals surface area contributed by atoms with Gasteiger partial charge in [0.15, 0.2) is 0 Å². The van der Waals surface area contributed by atoms with Crippen molar-refractivity contribution < 1.29 is 13.2 Å². The maximum absolute atomic E-state index is 12.0. The zero-order valence-corrected chi connectivity index (χ0v) is 13.0. The first-order chi connectivity index (χ1) is 8.86. The summed E-state index contributed by atoms with van der Waals surface area (Å²) in [6.07, 6.45) is 3.03. The molecule has 1 heterocycles. The van der Waals surface area contributed by atoms with Crippen LogP contribution in [0.3, 0.4) is 0 Å². The van der Waals surface area contributed by atoms with Gasteiger partial charge in [0.2, 0.25) is 15.9 Å². The van der Waals surface area contributed by atoms with Gasteiger partial charge >= 0.3 is 0 Å². The molecule has 1 fully saturated rings. The second kappa shape index (κ2) is 7.24. The summed E-state index contributed by atoms with van der Waals surface area (Å²) in [5, 5.41) is 2.97. The molecule has 19 heavy (non-hydrogen) atoms. The number of carbonyl (C=O) groups excluding carboxylic acids is 1. The number of amides is 1. The lowest BCUT2D eigenvalue weighted by molar-refractivity contribution is -0.124. The number of unbranched alkanes of at least 4 members (excludes halogenated alkanes) is 1. The van der Waals surface area contributed by atoms with E-state index in [1.54, 1.807) is 4.31 Å². The molecule has 0 unspecified atom stereocenters. The van der Waals surface area contributed by atoms with Gasteiger partial charge < -0.3 is 5.32 Å². The highest BCUT2D eigenvalue weighted by atomic mass is 32.2. The van der Waals surface area contributed by atoms with Crippen molar-refractivity contribution >= 4 is 15.9 Å². The van der Waals surface area contributed by atoms with Crippen LogP contribution in [0.15, 0.2) is 0 Å². The summed E-state index contributed by atoms with van der Waals surface area (Å²) in [6, 6.07) is 0.118. The standard InChI is InChI=1S/C13H26N2O3S/c1-4-5-10-19(17,18)15-8-6-12(7-9-15)14-13(16)11(2)3/h11-12H,4-10H2,1-3H3,(H,14,16). The fourth-order valence-corrected chi connectivity index (χ4v) is 3.78. The Balaban J connectivity index is 2.42. The van der Waals surface area contributed by atoms with Gasteiger partial charge in [-0.2, -0.15) is 0 Å². The van der Waals surface area contributed by atoms with Gasteiger partial charge in [-0.25, -0.2) is 12.7 Å². The molecule has 112 valence electrons. The van der Waals surface area contributed by atoms with E-state index in [4.69, 9.17) is 0 Å². The summed E-state index contributed by atoms with van der Waals surface area (Å²) in [4.78, 5) is 11.6. The van der Waals surface area contributed by atoms with Crippen LogP contribution in [0.4, 0.5) is 0 Å². The van der Waals surface area contributed by atoms with Crippen LogP contribution in [0.1, 0.15) is 46.5 Å². The van der Waals surface area contributed by atoms with E-state index >= 15 is 0 Å². The number of sulfonamides is 1. The average molecular weight is 290 g/mol. The van der Waals surface area contributed by atoms with Crippen LogP contribution < -0.4 is 5.32 Å². The predicted octanol–water partition coefficient (Wildman–Crippen LogP) is 1.35. The second-order valence-electron chi connectivity index (χ2n) is 5.51. The zero-order chi connectivity index (χ0) is 14.5. The Morgan fingerprint density at radius 1 is 1.32 bits per heavy atom. The first-order valence-electron chi connectivity index (χ1n) is 7.15. The topological polar surface area (TPSA) is 66.5 Å². The van der Waals surface area contributed by atoms with Crippen molar-refractivity contribution in [1.29, 1.82) is 0 Å². The third kappa shape index (κ3) is 5.10. The molecule has 0 aromatic carbocycles. The number of hydrogen-bond donors (Lipinski definition) is 1. The van der Waals surface area contributed by atoms with Gasteiger partial charge in [-0.15, -0.1) is 0 Å². The molecule has 1 aliphatic rings. The molecular formula is C13H26N2O3S. The molecule has 1 rings (SSSR count). The molecule has 1 aliphatic heterocycles. The van der Waals surface area contributed by atoms with E-state index in [1.165, 1.54) is 0 Å². The maximum Gasteiger partial charge on any atom is 0.222 e. The first-order valence-corrected chi connectivity index (χ1v) is 8.76. The molecule has 0 spiro atoms. The van der Waals surface area contributed by atoms with E-state index in [9.17, 15) is 13.2 Å². The highest BCUT2D eigenvalue weighted by Gasteiger charge is 2.28. The van der Waals surface area contributed by atoms with Crippen molar-refractivity contribution in [3.63, 3.8) is 0 Å². The maximum atomic E-state index is 12.0. The summed E-state index contributed by atoms with van der Waals surface area (Å²) in [5.74, 6) is 0.269. The Bertz CT molecular complexity index is 385. The molecule has 0 aromatic rings. The highest BCUT2D eigenvalue weighted by molar-refractivity contribution is 7.89. The molecule has 5 nitrogen and oxygen atoms in total. The van der Waals surface area contributed by atoms with Gasteiger partial charge in [0.25, 0.3) is 0 Å². The van der Waals surface area contributed by atoms with Gasteiger partial charge in [-0.05, 0) is 19.3 Å². The first kappa shape index (κ1) is 16.4. The summed E-state index contributed by atoms with van der Waals surface area (Å²) in [6.45, 7) is 6.76. The molecule has 0 atom stereocenters. The van der Waals surface area contributed by atoms with Crippen LogP contribution in [-0.2, 0) is 14.8 Å². The van der Waals surface area contributed by atoms with Gasteiger partial charge in [-0.3, -0.25) is 4.79 Å². The number of piperidine rings is 1. The largest absolute Gasteiger partial charge is 0.353 e. The lowest BCUT2D eigenvalue weighted by Gasteiger charge is -2.32. The molecule has 6 heteroatoms. The quantitative estimate of drug-likeness (QED) is 0.803. The third-order valence-electron chi connectivity index (χ3n) is 3.47. The van der Waals surface area contributed by atoms with E-state index in [1.807, 2.05) is 20.8 Å². The number of rotatable bonds is 6. The minimum Gasteiger partial charge on any atom is -0.353 e. The van der Waals surface area contributed by atoms with Crippen molar-refractivity contribution in [2.24, 2.45) is 5.92 Å². The summed E-state index contributed by atoms with van der Waals surface area (Å²) >= 11 is 0. The fraction of sp³-hybridized carbons (Fsp3) is 0.923. The molecule has 0 aliphatic carbocycles. The Labute approximate surface area is 116 Å². The van der Waals surface area contributed by atoms with Crippen molar-refractivity contribution in [3.05, 3.63) is 0 Å². The average Bonchev–Trinajstić information content (AvgIpc) is 2.37. The monoisotopic (exact) mass is 290 g/mol. The summed E-state index contributed by atoms with van der Waals surface area (Å²) in [5.41, 5.74) is 0. The second-order valence-corrected chi connectivity index (χ2v) is 7.59. The van der Waals surface area contributed by atoms with Crippen molar-refractivity contribution in [1.82, 2.24) is 9.62 Å². The molecule has 0 bridgehead atoms. The van der Waals surface area contributed by atoms with Crippen LogP contribution in [0, 0.1) is 5.92 Å². The molecule has 1 amide bonds. The Morgan fingerprint density at radius 2 is 1.89 bits per heavy atom. The summed E-state index contributed by atoms with van der Waals surface area (Å²) < 4.78 is 25.6. The molecule has 1 saturated heterocycles. The Hall–Kier alpha value is -0.620. The van der Waals surface area contributed by atoms with Crippen LogP contribution in [0.2, 0.25) is 0 Å². The zero-order valence-electron chi connectivity index (χ0n) is 12.2. The van der Waals surface area contributed by atoms with E-state index in [2.05, 4.69) is 5.32 Å². The van der Waals surface area contributed by atoms with Crippen molar-refractivity contribution in [3.8, 4) is 0 Å². The molecule has 0 radical (unpaired) electrons. The lowest BCUT2D eigenvalue weighted by Crippen LogP contribution is -2.47. The van der Waals surface area contributed by atoms with E-state index in [-0.39, 0.29) is 23.6 Å². The van der Waals surface area contributed by atoms with Crippen LogP contribution >= 0.6 is 0 Å². The van der Waals surface area contributed by atoms with Crippen molar-refractivity contribution in [2.75, 3.05) is 18.8 Å². The molecule has 1 N–H and O–H groups in total. The molecule has 0 aromatic heterocycles. The van der Waals surface area contributed by atoms with E-state index < -0.39 is 10.0 Å². The van der Waals surface area contributed by atoms with E-state index in [0.717, 1.165) is 6.42 Å². The van der Waals surface area contributed by atoms with Crippen LogP contribution in [0.5, 0.6) is 0 Å². The van der Waals surface area contributed by atoms with Gasteiger partial charge in [0, 0.05) is 25.0 Å². The van der Waals surface area contributed by atoms with Gasteiger partial charge in [-0.1, -0.05) is 27.2 Å². The number of carbonyl (C=O) groups is 1. The highest BCUT2D eigenvalue weighted by Crippen LogP contribution is 2.15. The van der Waals surface area contributed by atoms with Crippen LogP contribution in [0.25, 0.3) is 0 Å². The smallest absolute Gasteiger partial charge is 0.222 e. The minimum absolute atomic E-state index is 0.0219. The SMILES string of the molecule is CCCCS(=O)(=O)N1CCC(NC(=O)C(C)C)CC1. The number of nitrogens with one attached hydrogen (secondary N) is 1. The summed E-state index contributed by atoms with van der Waals surface area (Å²) in [7, 11) is -3.09. The Morgan fingerprint density at radius 3 is 2.37 bits per heavy atom. The van der Waals surface area contributed by atoms with Gasteiger partial charge in [0.1, 0.15) is 0 Å². The fourth-order valence-electron chi connectivity index (χ4n) is 2.10.